The van der Waals surface area contributed by atoms with Gasteiger partial charge in [0.1, 0.15) is 0 Å². The summed E-state index contributed by atoms with van der Waals surface area (Å²) in [6.45, 7) is 2.12. The number of unbranched alkanes of at least 4 members (excludes halogenated alkanes) is 3. The van der Waals surface area contributed by atoms with E-state index in [0.717, 1.165) is 12.8 Å². The number of hydrogen-bond donors (Lipinski definition) is 1. The van der Waals surface area contributed by atoms with Gasteiger partial charge in [0.15, 0.2) is 23.5 Å². The smallest absolute Gasteiger partial charge is 0.161 e. The van der Waals surface area contributed by atoms with E-state index in [0.29, 0.717) is 6.16 Å². The molecule has 0 aliphatic heterocycles. The van der Waals surface area contributed by atoms with E-state index >= 15 is 0 Å². The van der Waals surface area contributed by atoms with E-state index in [9.17, 15) is 4.57 Å². The van der Waals surface area contributed by atoms with Crippen molar-refractivity contribution in [1.29, 1.82) is 0 Å². The van der Waals surface area contributed by atoms with Crippen molar-refractivity contribution >= 4 is 25.4 Å². The van der Waals surface area contributed by atoms with Crippen molar-refractivity contribution < 1.29 is 9.46 Å². The second kappa shape index (κ2) is 9.59. The molecule has 1 unspecified atom stereocenters. The second-order valence-electron chi connectivity index (χ2n) is 2.14. The molecular weight excluding hydrogens is 162 g/mol. The number of hydrogen-bond acceptors (Lipinski definition) is 1. The minimum absolute atomic E-state index is 0. The van der Waals surface area contributed by atoms with Crippen LogP contribution < -0.4 is 0 Å². The van der Waals surface area contributed by atoms with Crippen molar-refractivity contribution in [2.75, 3.05) is 6.16 Å². The summed E-state index contributed by atoms with van der Waals surface area (Å²) < 4.78 is 10.1. The molecule has 0 aliphatic carbocycles. The average Bonchev–Trinajstić information content (AvgIpc) is 1.80. The van der Waals surface area contributed by atoms with E-state index in [1.165, 1.54) is 12.8 Å². The topological polar surface area (TPSA) is 37.3 Å². The van der Waals surface area contributed by atoms with Gasteiger partial charge in [-0.15, -0.1) is 0 Å². The Bertz CT molecular complexity index is 87.8. The van der Waals surface area contributed by atoms with Crippen LogP contribution >= 0.6 is 8.03 Å². The molecule has 1 atom stereocenters. The molecule has 10 heavy (non-hydrogen) atoms. The molecule has 0 amide bonds. The fourth-order valence-corrected chi connectivity index (χ4v) is 1.17. The molecule has 1 N–H and O–H groups in total. The van der Waals surface area contributed by atoms with E-state index in [4.69, 9.17) is 4.89 Å². The highest BCUT2D eigenvalue weighted by molar-refractivity contribution is 7.37. The van der Waals surface area contributed by atoms with Gasteiger partial charge in [0.25, 0.3) is 0 Å². The molecule has 2 nitrogen and oxygen atoms in total. The molecule has 0 aromatic heterocycles. The van der Waals surface area contributed by atoms with Crippen LogP contribution in [0.2, 0.25) is 0 Å². The van der Waals surface area contributed by atoms with Gasteiger partial charge in [-0.25, -0.2) is 0 Å². The van der Waals surface area contributed by atoms with Crippen molar-refractivity contribution in [2.24, 2.45) is 0 Å². The molecule has 0 saturated heterocycles. The zero-order valence-electron chi connectivity index (χ0n) is 5.84. The third-order valence-corrected chi connectivity index (χ3v) is 1.90. The Labute approximate surface area is 74.0 Å². The summed E-state index contributed by atoms with van der Waals surface area (Å²) in [5, 5.41) is 0. The zero-order chi connectivity index (χ0) is 7.11. The van der Waals surface area contributed by atoms with Gasteiger partial charge in [0.05, 0.1) is 0 Å². The molecule has 0 aliphatic rings. The van der Waals surface area contributed by atoms with Crippen molar-refractivity contribution in [2.45, 2.75) is 32.6 Å². The van der Waals surface area contributed by atoms with Crippen molar-refractivity contribution in [3.63, 3.8) is 0 Å². The maximum atomic E-state index is 10.1. The predicted octanol–water partition coefficient (Wildman–Crippen LogP) is 1.12. The van der Waals surface area contributed by atoms with Crippen LogP contribution in [-0.4, -0.2) is 28.4 Å². The van der Waals surface area contributed by atoms with Crippen LogP contribution in [0.4, 0.5) is 0 Å². The van der Waals surface area contributed by atoms with E-state index in [1.807, 2.05) is 0 Å². The van der Waals surface area contributed by atoms with Gasteiger partial charge in [0.2, 0.25) is 0 Å². The summed E-state index contributed by atoms with van der Waals surface area (Å²) in [6.07, 6.45) is 4.85. The monoisotopic (exact) mass is 179 g/mol. The van der Waals surface area contributed by atoms with E-state index < -0.39 is 8.03 Å². The molecular formula is C6H17AlO2P+. The normalized spacial score (nSPS) is 10.4. The Balaban J connectivity index is 0. The minimum Gasteiger partial charge on any atom is -0.161 e. The highest BCUT2D eigenvalue weighted by Crippen LogP contribution is 2.15. The zero-order valence-corrected chi connectivity index (χ0v) is 6.73. The molecule has 0 bridgehead atoms. The quantitative estimate of drug-likeness (QED) is 0.390. The fraction of sp³-hybridized carbons (Fsp3) is 1.00. The highest BCUT2D eigenvalue weighted by Gasteiger charge is 2.06. The molecule has 0 aromatic rings. The predicted molar refractivity (Wildman–Crippen MR) is 48.8 cm³/mol. The van der Waals surface area contributed by atoms with Gasteiger partial charge in [-0.05, 0) is 17.4 Å². The molecule has 0 heterocycles. The third kappa shape index (κ3) is 11.4. The van der Waals surface area contributed by atoms with Gasteiger partial charge in [-0.1, -0.05) is 19.8 Å². The lowest BCUT2D eigenvalue weighted by atomic mass is 10.2. The standard InChI is InChI=1S/C6H13O2P.Al.3H/c1-2-3-4-5-6-9(7)8;;;;/h2-6H2,1H3;;;;/p+1. The van der Waals surface area contributed by atoms with Gasteiger partial charge in [-0.2, -0.15) is 4.89 Å². The van der Waals surface area contributed by atoms with Crippen LogP contribution in [0, 0.1) is 0 Å². The fourth-order valence-electron chi connectivity index (χ4n) is 0.674. The van der Waals surface area contributed by atoms with Crippen molar-refractivity contribution in [3.8, 4) is 0 Å². The highest BCUT2D eigenvalue weighted by atomic mass is 31.1. The maximum Gasteiger partial charge on any atom is 0.505 e. The van der Waals surface area contributed by atoms with E-state index in [2.05, 4.69) is 6.92 Å². The summed E-state index contributed by atoms with van der Waals surface area (Å²) in [5.41, 5.74) is 0. The van der Waals surface area contributed by atoms with Gasteiger partial charge in [0, 0.05) is 0 Å². The largest absolute Gasteiger partial charge is 0.505 e. The van der Waals surface area contributed by atoms with Crippen LogP contribution in [0.3, 0.4) is 0 Å². The van der Waals surface area contributed by atoms with Crippen LogP contribution in [0.5, 0.6) is 0 Å². The Morgan fingerprint density at radius 3 is 2.30 bits per heavy atom. The average molecular weight is 179 g/mol. The molecule has 0 spiro atoms. The first-order valence-electron chi connectivity index (χ1n) is 3.41. The summed E-state index contributed by atoms with van der Waals surface area (Å²) in [4.78, 5) is 8.36. The first kappa shape index (κ1) is 13.2. The lowest BCUT2D eigenvalue weighted by Crippen LogP contribution is -1.78. The van der Waals surface area contributed by atoms with E-state index in [1.54, 1.807) is 0 Å². The number of rotatable bonds is 5. The minimum atomic E-state index is -1.87. The van der Waals surface area contributed by atoms with Crippen LogP contribution in [-0.2, 0) is 4.57 Å². The van der Waals surface area contributed by atoms with Crippen LogP contribution in [0.25, 0.3) is 0 Å². The SMILES string of the molecule is CCCCCC[P+](=O)O.[AlH3]. The summed E-state index contributed by atoms with van der Waals surface area (Å²) in [5.74, 6) is 0. The Hall–Kier alpha value is 0.592. The first-order chi connectivity index (χ1) is 4.27. The van der Waals surface area contributed by atoms with Gasteiger partial charge >= 0.3 is 8.03 Å². The molecule has 0 radical (unpaired) electrons. The second-order valence-corrected chi connectivity index (χ2v) is 3.29. The third-order valence-electron chi connectivity index (χ3n) is 1.20. The lowest BCUT2D eigenvalue weighted by Gasteiger charge is -1.88. The molecule has 0 fully saturated rings. The Morgan fingerprint density at radius 2 is 1.90 bits per heavy atom. The molecule has 4 heteroatoms. The molecule has 0 rings (SSSR count). The summed E-state index contributed by atoms with van der Waals surface area (Å²) in [7, 11) is -1.87. The molecule has 0 saturated carbocycles. The summed E-state index contributed by atoms with van der Waals surface area (Å²) in [6, 6.07) is 0. The Morgan fingerprint density at radius 1 is 1.30 bits per heavy atom. The van der Waals surface area contributed by atoms with Crippen LogP contribution in [0.15, 0.2) is 0 Å². The summed E-state index contributed by atoms with van der Waals surface area (Å²) >= 11 is 0. The first-order valence-corrected chi connectivity index (χ1v) is 4.80. The maximum absolute atomic E-state index is 10.1. The van der Waals surface area contributed by atoms with Crippen molar-refractivity contribution in [1.82, 2.24) is 0 Å². The lowest BCUT2D eigenvalue weighted by molar-refractivity contribution is 0.499. The van der Waals surface area contributed by atoms with E-state index in [-0.39, 0.29) is 17.4 Å². The van der Waals surface area contributed by atoms with Gasteiger partial charge in [-0.3, -0.25) is 0 Å². The van der Waals surface area contributed by atoms with Gasteiger partial charge < -0.3 is 0 Å². The van der Waals surface area contributed by atoms with Crippen molar-refractivity contribution in [3.05, 3.63) is 0 Å². The Kier molecular flexibility index (Phi) is 12.7. The van der Waals surface area contributed by atoms with Crippen LogP contribution in [0.1, 0.15) is 32.6 Å². The molecule has 0 aromatic carbocycles. The molecule has 60 valence electrons.